The van der Waals surface area contributed by atoms with Gasteiger partial charge in [0.15, 0.2) is 0 Å². The molecular weight excluding hydrogens is 458 g/mol. The summed E-state index contributed by atoms with van der Waals surface area (Å²) in [5, 5.41) is 17.3. The standard InChI is InChI=1S/C27H33N5O4/c1-35-23-8-6-20(7-9-23)25-29-27(36-30-25)32-14-11-21(12-15-32)26(34)28-16-19-10-13-31(17-19)18-22-4-2-3-5-24(22)33/h2-9,19,21,33H,10-18H2,1H3,(H,28,34). The van der Waals surface area contributed by atoms with E-state index < -0.39 is 0 Å². The van der Waals surface area contributed by atoms with Gasteiger partial charge < -0.3 is 24.6 Å². The number of methoxy groups -OCH3 is 1. The fourth-order valence-electron chi connectivity index (χ4n) is 5.03. The summed E-state index contributed by atoms with van der Waals surface area (Å²) in [5.74, 6) is 2.25. The van der Waals surface area contributed by atoms with Gasteiger partial charge in [-0.25, -0.2) is 0 Å². The number of phenols is 1. The molecule has 9 heteroatoms. The van der Waals surface area contributed by atoms with Gasteiger partial charge >= 0.3 is 6.01 Å². The highest BCUT2D eigenvalue weighted by Crippen LogP contribution is 2.27. The van der Waals surface area contributed by atoms with Crippen LogP contribution in [0.4, 0.5) is 6.01 Å². The number of hydrogen-bond acceptors (Lipinski definition) is 8. The lowest BCUT2D eigenvalue weighted by molar-refractivity contribution is -0.125. The number of para-hydroxylation sites is 1. The Labute approximate surface area is 211 Å². The highest BCUT2D eigenvalue weighted by molar-refractivity contribution is 5.79. The van der Waals surface area contributed by atoms with E-state index in [1.165, 1.54) is 0 Å². The zero-order valence-corrected chi connectivity index (χ0v) is 20.6. The molecule has 5 rings (SSSR count). The van der Waals surface area contributed by atoms with Crippen molar-refractivity contribution in [2.24, 2.45) is 11.8 Å². The van der Waals surface area contributed by atoms with Crippen molar-refractivity contribution in [1.82, 2.24) is 20.4 Å². The normalized spacial score (nSPS) is 18.9. The summed E-state index contributed by atoms with van der Waals surface area (Å²) in [7, 11) is 1.63. The van der Waals surface area contributed by atoms with E-state index in [0.717, 1.165) is 55.8 Å². The lowest BCUT2D eigenvalue weighted by Gasteiger charge is -2.30. The Morgan fingerprint density at radius 2 is 1.89 bits per heavy atom. The molecule has 2 aliphatic heterocycles. The van der Waals surface area contributed by atoms with Crippen LogP contribution in [0.5, 0.6) is 11.5 Å². The molecule has 0 spiro atoms. The molecule has 3 heterocycles. The average Bonchev–Trinajstić information content (AvgIpc) is 3.59. The second kappa shape index (κ2) is 11.0. The molecular formula is C27H33N5O4. The molecule has 0 saturated carbocycles. The van der Waals surface area contributed by atoms with Gasteiger partial charge in [-0.15, -0.1) is 0 Å². The lowest BCUT2D eigenvalue weighted by atomic mass is 9.96. The van der Waals surface area contributed by atoms with E-state index >= 15 is 0 Å². The summed E-state index contributed by atoms with van der Waals surface area (Å²) >= 11 is 0. The third-order valence-corrected chi connectivity index (χ3v) is 7.22. The number of carbonyl (C=O) groups excluding carboxylic acids is 1. The van der Waals surface area contributed by atoms with Gasteiger partial charge in [0.25, 0.3) is 0 Å². The van der Waals surface area contributed by atoms with Crippen LogP contribution in [0.2, 0.25) is 0 Å². The van der Waals surface area contributed by atoms with E-state index in [4.69, 9.17) is 9.26 Å². The van der Waals surface area contributed by atoms with E-state index in [-0.39, 0.29) is 11.8 Å². The summed E-state index contributed by atoms with van der Waals surface area (Å²) < 4.78 is 10.7. The second-order valence-corrected chi connectivity index (χ2v) is 9.65. The number of ether oxygens (including phenoxy) is 1. The van der Waals surface area contributed by atoms with Crippen LogP contribution in [0.1, 0.15) is 24.8 Å². The molecule has 0 radical (unpaired) electrons. The summed E-state index contributed by atoms with van der Waals surface area (Å²) in [6.45, 7) is 4.77. The third-order valence-electron chi connectivity index (χ3n) is 7.22. The molecule has 2 aromatic carbocycles. The molecule has 2 saturated heterocycles. The van der Waals surface area contributed by atoms with Crippen LogP contribution < -0.4 is 15.0 Å². The molecule has 36 heavy (non-hydrogen) atoms. The fraction of sp³-hybridized carbons (Fsp3) is 0.444. The Kier molecular flexibility index (Phi) is 7.36. The Balaban J connectivity index is 1.05. The van der Waals surface area contributed by atoms with Crippen LogP contribution in [-0.4, -0.2) is 65.9 Å². The number of nitrogens with one attached hydrogen (secondary N) is 1. The van der Waals surface area contributed by atoms with Gasteiger partial charge in [0, 0.05) is 49.8 Å². The van der Waals surface area contributed by atoms with Gasteiger partial charge in [0.2, 0.25) is 11.7 Å². The maximum absolute atomic E-state index is 12.8. The summed E-state index contributed by atoms with van der Waals surface area (Å²) in [6, 6.07) is 15.5. The molecule has 2 fully saturated rings. The number of piperidine rings is 1. The van der Waals surface area contributed by atoms with E-state index in [9.17, 15) is 9.90 Å². The molecule has 2 aliphatic rings. The molecule has 1 unspecified atom stereocenters. The maximum Gasteiger partial charge on any atom is 0.324 e. The monoisotopic (exact) mass is 491 g/mol. The van der Waals surface area contributed by atoms with E-state index in [2.05, 4.69) is 25.3 Å². The molecule has 3 aromatic rings. The minimum absolute atomic E-state index is 0.00371. The number of likely N-dealkylation sites (tertiary alicyclic amines) is 1. The number of carbonyl (C=O) groups is 1. The number of rotatable bonds is 8. The van der Waals surface area contributed by atoms with Crippen molar-refractivity contribution < 1.29 is 19.2 Å². The Morgan fingerprint density at radius 1 is 1.11 bits per heavy atom. The zero-order chi connectivity index (χ0) is 24.9. The van der Waals surface area contributed by atoms with Gasteiger partial charge in [-0.1, -0.05) is 23.4 Å². The largest absolute Gasteiger partial charge is 0.508 e. The Morgan fingerprint density at radius 3 is 2.64 bits per heavy atom. The zero-order valence-electron chi connectivity index (χ0n) is 20.6. The minimum atomic E-state index is 0.00371. The lowest BCUT2D eigenvalue weighted by Crippen LogP contribution is -2.42. The van der Waals surface area contributed by atoms with Crippen molar-refractivity contribution in [3.63, 3.8) is 0 Å². The first-order valence-corrected chi connectivity index (χ1v) is 12.6. The van der Waals surface area contributed by atoms with Crippen molar-refractivity contribution in [1.29, 1.82) is 0 Å². The van der Waals surface area contributed by atoms with Crippen molar-refractivity contribution >= 4 is 11.9 Å². The van der Waals surface area contributed by atoms with Crippen molar-refractivity contribution in [2.75, 3.05) is 44.7 Å². The number of aromatic hydroxyl groups is 1. The summed E-state index contributed by atoms with van der Waals surface area (Å²) in [4.78, 5) is 21.8. The van der Waals surface area contributed by atoms with Gasteiger partial charge in [-0.05, 0) is 62.1 Å². The Hall–Kier alpha value is -3.59. The number of aromatic nitrogens is 2. The van der Waals surface area contributed by atoms with Crippen molar-refractivity contribution in [3.8, 4) is 22.9 Å². The maximum atomic E-state index is 12.8. The molecule has 0 aliphatic carbocycles. The van der Waals surface area contributed by atoms with Gasteiger partial charge in [0.05, 0.1) is 7.11 Å². The van der Waals surface area contributed by atoms with E-state index in [1.54, 1.807) is 13.2 Å². The van der Waals surface area contributed by atoms with Crippen LogP contribution >= 0.6 is 0 Å². The number of amides is 1. The molecule has 9 nitrogen and oxygen atoms in total. The molecule has 0 bridgehead atoms. The Bertz CT molecular complexity index is 1160. The van der Waals surface area contributed by atoms with Gasteiger partial charge in [-0.3, -0.25) is 9.69 Å². The number of anilines is 1. The quantitative estimate of drug-likeness (QED) is 0.495. The van der Waals surface area contributed by atoms with Gasteiger partial charge in [-0.2, -0.15) is 4.98 Å². The summed E-state index contributed by atoms with van der Waals surface area (Å²) in [5.41, 5.74) is 1.82. The molecule has 1 aromatic heterocycles. The second-order valence-electron chi connectivity index (χ2n) is 9.65. The molecule has 1 amide bonds. The minimum Gasteiger partial charge on any atom is -0.508 e. The average molecular weight is 492 g/mol. The topological polar surface area (TPSA) is 104 Å². The SMILES string of the molecule is COc1ccc(-c2noc(N3CCC(C(=O)NCC4CCN(Cc5ccccc5O)C4)CC3)n2)cc1. The summed E-state index contributed by atoms with van der Waals surface area (Å²) in [6.07, 6.45) is 2.58. The van der Waals surface area contributed by atoms with Crippen LogP contribution in [0.25, 0.3) is 11.4 Å². The first kappa shape index (κ1) is 24.1. The van der Waals surface area contributed by atoms with Crippen LogP contribution in [-0.2, 0) is 11.3 Å². The fourth-order valence-corrected chi connectivity index (χ4v) is 5.03. The molecule has 2 N–H and O–H groups in total. The third kappa shape index (κ3) is 5.62. The number of benzene rings is 2. The smallest absolute Gasteiger partial charge is 0.324 e. The first-order valence-electron chi connectivity index (χ1n) is 12.6. The van der Waals surface area contributed by atoms with Crippen LogP contribution in [0.3, 0.4) is 0 Å². The molecule has 1 atom stereocenters. The number of phenolic OH excluding ortho intramolecular Hbond substituents is 1. The van der Waals surface area contributed by atoms with Crippen LogP contribution in [0, 0.1) is 11.8 Å². The van der Waals surface area contributed by atoms with E-state index in [0.29, 0.717) is 43.1 Å². The van der Waals surface area contributed by atoms with Gasteiger partial charge in [0.1, 0.15) is 11.5 Å². The predicted octanol–water partition coefficient (Wildman–Crippen LogP) is 3.31. The van der Waals surface area contributed by atoms with Crippen molar-refractivity contribution in [3.05, 3.63) is 54.1 Å². The highest BCUT2D eigenvalue weighted by Gasteiger charge is 2.29. The highest BCUT2D eigenvalue weighted by atomic mass is 16.5. The number of nitrogens with zero attached hydrogens (tertiary/aromatic N) is 4. The molecule has 190 valence electrons. The number of hydrogen-bond donors (Lipinski definition) is 2. The van der Waals surface area contributed by atoms with Crippen molar-refractivity contribution in [2.45, 2.75) is 25.8 Å². The van der Waals surface area contributed by atoms with Crippen LogP contribution in [0.15, 0.2) is 53.1 Å². The predicted molar refractivity (Wildman–Crippen MR) is 136 cm³/mol. The first-order chi connectivity index (χ1) is 17.6. The van der Waals surface area contributed by atoms with E-state index in [1.807, 2.05) is 42.5 Å².